The topological polar surface area (TPSA) is 25.2 Å². The molecule has 3 heteroatoms. The van der Waals surface area contributed by atoms with E-state index in [-0.39, 0.29) is 5.78 Å². The van der Waals surface area contributed by atoms with Gasteiger partial charge in [0, 0.05) is 40.8 Å². The molecule has 2 heterocycles. The maximum absolute atomic E-state index is 13.2. The lowest BCUT2D eigenvalue weighted by molar-refractivity contribution is 0.103. The first-order valence-electron chi connectivity index (χ1n) is 9.53. The smallest absolute Gasteiger partial charge is 0.195 e. The average molecular weight is 346 g/mol. The van der Waals surface area contributed by atoms with E-state index >= 15 is 0 Å². The van der Waals surface area contributed by atoms with Crippen LogP contribution in [0.4, 0.5) is 0 Å². The van der Waals surface area contributed by atoms with Gasteiger partial charge in [0.2, 0.25) is 0 Å². The number of rotatable bonds is 4. The van der Waals surface area contributed by atoms with Crippen LogP contribution >= 0.6 is 0 Å². The van der Waals surface area contributed by atoms with E-state index in [1.165, 1.54) is 25.8 Å². The number of piperidine rings is 1. The van der Waals surface area contributed by atoms with Crippen LogP contribution in [0.25, 0.3) is 10.9 Å². The van der Waals surface area contributed by atoms with E-state index in [1.807, 2.05) is 37.3 Å². The van der Waals surface area contributed by atoms with Crippen molar-refractivity contribution in [2.24, 2.45) is 0 Å². The summed E-state index contributed by atoms with van der Waals surface area (Å²) in [5.41, 5.74) is 3.79. The van der Waals surface area contributed by atoms with Crippen molar-refractivity contribution in [3.8, 4) is 0 Å². The van der Waals surface area contributed by atoms with Crippen LogP contribution in [0.5, 0.6) is 0 Å². The van der Waals surface area contributed by atoms with Gasteiger partial charge in [0.15, 0.2) is 5.78 Å². The third-order valence-electron chi connectivity index (χ3n) is 5.75. The van der Waals surface area contributed by atoms with Crippen LogP contribution in [0.1, 0.15) is 40.7 Å². The lowest BCUT2D eigenvalue weighted by Crippen LogP contribution is -2.39. The van der Waals surface area contributed by atoms with Gasteiger partial charge in [-0.3, -0.25) is 4.79 Å². The predicted molar refractivity (Wildman–Crippen MR) is 107 cm³/mol. The molecule has 134 valence electrons. The summed E-state index contributed by atoms with van der Waals surface area (Å²) in [6, 6.07) is 16.7. The van der Waals surface area contributed by atoms with Gasteiger partial charge in [-0.25, -0.2) is 0 Å². The Morgan fingerprint density at radius 2 is 1.81 bits per heavy atom. The molecule has 1 aromatic heterocycles. The highest BCUT2D eigenvalue weighted by atomic mass is 16.1. The molecule has 0 N–H and O–H groups in total. The molecule has 1 aliphatic rings. The third kappa shape index (κ3) is 3.08. The minimum absolute atomic E-state index is 0.120. The molecule has 0 spiro atoms. The van der Waals surface area contributed by atoms with Crippen molar-refractivity contribution >= 4 is 16.7 Å². The van der Waals surface area contributed by atoms with Crippen molar-refractivity contribution in [3.05, 3.63) is 71.4 Å². The number of nitrogens with zero attached hydrogens (tertiary/aromatic N) is 2. The Balaban J connectivity index is 1.74. The predicted octanol–water partition coefficient (Wildman–Crippen LogP) is 4.67. The number of ketones is 1. The summed E-state index contributed by atoms with van der Waals surface area (Å²) in [5, 5.41) is 1.05. The Kier molecular flexibility index (Phi) is 4.64. The van der Waals surface area contributed by atoms with Crippen molar-refractivity contribution in [3.63, 3.8) is 0 Å². The lowest BCUT2D eigenvalue weighted by atomic mass is 9.99. The number of carbonyl (C=O) groups is 1. The number of aromatic nitrogens is 1. The minimum Gasteiger partial charge on any atom is -0.345 e. The summed E-state index contributed by atoms with van der Waals surface area (Å²) in [7, 11) is 2.22. The quantitative estimate of drug-likeness (QED) is 0.642. The van der Waals surface area contributed by atoms with Crippen molar-refractivity contribution < 1.29 is 4.79 Å². The number of benzene rings is 2. The normalized spacial score (nSPS) is 18.3. The van der Waals surface area contributed by atoms with E-state index in [9.17, 15) is 4.79 Å². The zero-order chi connectivity index (χ0) is 18.1. The van der Waals surface area contributed by atoms with Crippen molar-refractivity contribution in [2.45, 2.75) is 38.8 Å². The second kappa shape index (κ2) is 7.08. The molecule has 0 radical (unpaired) electrons. The summed E-state index contributed by atoms with van der Waals surface area (Å²) in [6.45, 7) is 4.11. The summed E-state index contributed by atoms with van der Waals surface area (Å²) in [6.07, 6.45) is 5.88. The highest BCUT2D eigenvalue weighted by molar-refractivity contribution is 6.17. The van der Waals surface area contributed by atoms with Crippen molar-refractivity contribution in [1.82, 2.24) is 9.47 Å². The average Bonchev–Trinajstić information content (AvgIpc) is 3.02. The summed E-state index contributed by atoms with van der Waals surface area (Å²) >= 11 is 0. The molecular weight excluding hydrogens is 320 g/mol. The zero-order valence-corrected chi connectivity index (χ0v) is 15.6. The van der Waals surface area contributed by atoms with Gasteiger partial charge in [0.05, 0.1) is 0 Å². The number of carbonyl (C=O) groups excluding carboxylic acids is 1. The van der Waals surface area contributed by atoms with E-state index in [1.54, 1.807) is 0 Å². The van der Waals surface area contributed by atoms with Crippen LogP contribution < -0.4 is 0 Å². The fourth-order valence-electron chi connectivity index (χ4n) is 4.15. The number of likely N-dealkylation sites (tertiary alicyclic amines) is 1. The number of hydrogen-bond acceptors (Lipinski definition) is 2. The number of hydrogen-bond donors (Lipinski definition) is 0. The van der Waals surface area contributed by atoms with Gasteiger partial charge in [-0.1, -0.05) is 48.9 Å². The van der Waals surface area contributed by atoms with Gasteiger partial charge >= 0.3 is 0 Å². The van der Waals surface area contributed by atoms with Crippen LogP contribution in [0.15, 0.2) is 54.7 Å². The summed E-state index contributed by atoms with van der Waals surface area (Å²) < 4.78 is 2.29. The molecule has 1 unspecified atom stereocenters. The molecule has 3 aromatic rings. The molecule has 1 fully saturated rings. The molecule has 0 amide bonds. The second-order valence-corrected chi connectivity index (χ2v) is 7.49. The summed E-state index contributed by atoms with van der Waals surface area (Å²) in [5.74, 6) is 0.120. The van der Waals surface area contributed by atoms with Gasteiger partial charge in [-0.05, 0) is 45.0 Å². The van der Waals surface area contributed by atoms with Crippen LogP contribution in [-0.2, 0) is 6.54 Å². The van der Waals surface area contributed by atoms with Gasteiger partial charge in [-0.15, -0.1) is 0 Å². The standard InChI is InChI=1S/C23H26N2O/c1-17-9-3-4-11-19(17)23(26)21-16-25(22-13-6-5-12-20(21)22)15-18-10-7-8-14-24(18)2/h3-6,9,11-13,16,18H,7-8,10,14-15H2,1-2H3. The molecule has 1 atom stereocenters. The largest absolute Gasteiger partial charge is 0.345 e. The Morgan fingerprint density at radius 1 is 1.04 bits per heavy atom. The molecule has 0 bridgehead atoms. The first-order chi connectivity index (χ1) is 12.6. The van der Waals surface area contributed by atoms with Crippen LogP contribution in [0.3, 0.4) is 0 Å². The molecule has 1 aliphatic heterocycles. The Hall–Kier alpha value is -2.39. The van der Waals surface area contributed by atoms with E-state index in [2.05, 4.69) is 40.9 Å². The Bertz CT molecular complexity index is 940. The van der Waals surface area contributed by atoms with E-state index < -0.39 is 0 Å². The number of likely N-dealkylation sites (N-methyl/N-ethyl adjacent to an activating group) is 1. The van der Waals surface area contributed by atoms with Gasteiger partial charge < -0.3 is 9.47 Å². The van der Waals surface area contributed by atoms with E-state index in [0.29, 0.717) is 6.04 Å². The molecular formula is C23H26N2O. The van der Waals surface area contributed by atoms with Crippen LogP contribution in [0, 0.1) is 6.92 Å². The summed E-state index contributed by atoms with van der Waals surface area (Å²) in [4.78, 5) is 15.7. The molecule has 1 saturated heterocycles. The highest BCUT2D eigenvalue weighted by Crippen LogP contribution is 2.27. The molecule has 0 saturated carbocycles. The Morgan fingerprint density at radius 3 is 2.62 bits per heavy atom. The molecule has 3 nitrogen and oxygen atoms in total. The Labute approximate surface area is 155 Å². The van der Waals surface area contributed by atoms with Crippen LogP contribution in [0.2, 0.25) is 0 Å². The number of fused-ring (bicyclic) bond motifs is 1. The van der Waals surface area contributed by atoms with Gasteiger partial charge in [0.25, 0.3) is 0 Å². The fraction of sp³-hybridized carbons (Fsp3) is 0.348. The number of aryl methyl sites for hydroxylation is 1. The second-order valence-electron chi connectivity index (χ2n) is 7.49. The third-order valence-corrected chi connectivity index (χ3v) is 5.75. The molecule has 4 rings (SSSR count). The number of para-hydroxylation sites is 1. The monoisotopic (exact) mass is 346 g/mol. The maximum Gasteiger partial charge on any atom is 0.195 e. The lowest BCUT2D eigenvalue weighted by Gasteiger charge is -2.32. The fourth-order valence-corrected chi connectivity index (χ4v) is 4.15. The molecule has 2 aromatic carbocycles. The van der Waals surface area contributed by atoms with E-state index in [4.69, 9.17) is 0 Å². The van der Waals surface area contributed by atoms with E-state index in [0.717, 1.165) is 34.1 Å². The maximum atomic E-state index is 13.2. The van der Waals surface area contributed by atoms with Crippen molar-refractivity contribution in [2.75, 3.05) is 13.6 Å². The van der Waals surface area contributed by atoms with Crippen molar-refractivity contribution in [1.29, 1.82) is 0 Å². The van der Waals surface area contributed by atoms with Crippen LogP contribution in [-0.4, -0.2) is 34.9 Å². The molecule has 0 aliphatic carbocycles. The SMILES string of the molecule is Cc1ccccc1C(=O)c1cn(CC2CCCCN2C)c2ccccc12. The molecule has 26 heavy (non-hydrogen) atoms. The highest BCUT2D eigenvalue weighted by Gasteiger charge is 2.22. The minimum atomic E-state index is 0.120. The first kappa shape index (κ1) is 17.0. The van der Waals surface area contributed by atoms with Gasteiger partial charge in [0.1, 0.15) is 0 Å². The van der Waals surface area contributed by atoms with Gasteiger partial charge in [-0.2, -0.15) is 0 Å². The zero-order valence-electron chi connectivity index (χ0n) is 15.6. The first-order valence-corrected chi connectivity index (χ1v) is 9.53.